The molecule has 1 aromatic heterocycles. The van der Waals surface area contributed by atoms with Gasteiger partial charge in [-0.05, 0) is 6.42 Å². The molecule has 4 heteroatoms. The van der Waals surface area contributed by atoms with Crippen LogP contribution in [0.2, 0.25) is 0 Å². The Morgan fingerprint density at radius 3 is 2.50 bits per heavy atom. The van der Waals surface area contributed by atoms with Gasteiger partial charge in [-0.25, -0.2) is 9.97 Å². The van der Waals surface area contributed by atoms with Gasteiger partial charge >= 0.3 is 0 Å². The van der Waals surface area contributed by atoms with Gasteiger partial charge in [0.05, 0.1) is 11.9 Å². The van der Waals surface area contributed by atoms with E-state index in [1.165, 1.54) is 6.20 Å². The molecule has 0 atom stereocenters. The first-order valence-corrected chi connectivity index (χ1v) is 3.48. The molecule has 1 aromatic rings. The fraction of sp³-hybridized carbons (Fsp3) is 0.250. The standard InChI is InChI=1S/C8H6N4/c1-2-6-5-11-7(3-9)8(4-10)12-6/h5H,2H2,1H3. The molecule has 0 saturated carbocycles. The maximum atomic E-state index is 8.57. The van der Waals surface area contributed by atoms with Gasteiger partial charge in [0.15, 0.2) is 11.4 Å². The summed E-state index contributed by atoms with van der Waals surface area (Å²) in [5, 5.41) is 17.1. The van der Waals surface area contributed by atoms with E-state index in [1.807, 2.05) is 13.0 Å². The quantitative estimate of drug-likeness (QED) is 0.605. The molecule has 0 amide bonds. The molecule has 1 rings (SSSR count). The second kappa shape index (κ2) is 3.45. The van der Waals surface area contributed by atoms with Crippen molar-refractivity contribution in [3.8, 4) is 12.1 Å². The summed E-state index contributed by atoms with van der Waals surface area (Å²) in [6, 6.07) is 3.63. The van der Waals surface area contributed by atoms with Crippen molar-refractivity contribution >= 4 is 0 Å². The molecule has 0 spiro atoms. The van der Waals surface area contributed by atoms with Gasteiger partial charge in [0.25, 0.3) is 0 Å². The van der Waals surface area contributed by atoms with Gasteiger partial charge in [-0.3, -0.25) is 0 Å². The van der Waals surface area contributed by atoms with E-state index in [4.69, 9.17) is 10.5 Å². The highest BCUT2D eigenvalue weighted by Crippen LogP contribution is 2.01. The van der Waals surface area contributed by atoms with Crippen molar-refractivity contribution in [1.29, 1.82) is 10.5 Å². The molecular weight excluding hydrogens is 152 g/mol. The molecule has 12 heavy (non-hydrogen) atoms. The van der Waals surface area contributed by atoms with Crippen molar-refractivity contribution in [3.05, 3.63) is 23.3 Å². The third kappa shape index (κ3) is 1.38. The third-order valence-corrected chi connectivity index (χ3v) is 1.40. The number of rotatable bonds is 1. The van der Waals surface area contributed by atoms with E-state index in [1.54, 1.807) is 6.07 Å². The summed E-state index contributed by atoms with van der Waals surface area (Å²) in [6.45, 7) is 1.91. The molecule has 0 fully saturated rings. The van der Waals surface area contributed by atoms with E-state index < -0.39 is 0 Å². The summed E-state index contributed by atoms with van der Waals surface area (Å²) >= 11 is 0. The Morgan fingerprint density at radius 1 is 1.33 bits per heavy atom. The van der Waals surface area contributed by atoms with Crippen LogP contribution in [0.1, 0.15) is 24.0 Å². The Bertz CT molecular complexity index is 370. The second-order valence-electron chi connectivity index (χ2n) is 2.14. The highest BCUT2D eigenvalue weighted by atomic mass is 14.8. The molecule has 0 saturated heterocycles. The molecule has 0 aliphatic rings. The summed E-state index contributed by atoms with van der Waals surface area (Å²) in [5.41, 5.74) is 0.928. The zero-order valence-electron chi connectivity index (χ0n) is 6.57. The van der Waals surface area contributed by atoms with Crippen LogP contribution in [0.25, 0.3) is 0 Å². The molecule has 4 nitrogen and oxygen atoms in total. The SMILES string of the molecule is CCc1cnc(C#N)c(C#N)n1. The number of nitrogens with zero attached hydrogens (tertiary/aromatic N) is 4. The van der Waals surface area contributed by atoms with E-state index in [9.17, 15) is 0 Å². The number of hydrogen-bond donors (Lipinski definition) is 0. The lowest BCUT2D eigenvalue weighted by Gasteiger charge is -1.95. The average molecular weight is 158 g/mol. The minimum atomic E-state index is 0.0923. The van der Waals surface area contributed by atoms with Crippen LogP contribution in [0.15, 0.2) is 6.20 Å². The summed E-state index contributed by atoms with van der Waals surface area (Å²) in [6.07, 6.45) is 2.23. The van der Waals surface area contributed by atoms with Gasteiger partial charge in [-0.1, -0.05) is 6.92 Å². The molecule has 0 aromatic carbocycles. The van der Waals surface area contributed by atoms with Crippen molar-refractivity contribution in [2.75, 3.05) is 0 Å². The Hall–Kier alpha value is -1.94. The summed E-state index contributed by atoms with van der Waals surface area (Å²) in [4.78, 5) is 7.73. The van der Waals surface area contributed by atoms with Crippen molar-refractivity contribution in [2.24, 2.45) is 0 Å². The summed E-state index contributed by atoms with van der Waals surface area (Å²) in [7, 11) is 0. The van der Waals surface area contributed by atoms with Crippen LogP contribution in [0, 0.1) is 22.7 Å². The number of hydrogen-bond acceptors (Lipinski definition) is 4. The minimum Gasteiger partial charge on any atom is -0.241 e. The predicted molar refractivity (Wildman–Crippen MR) is 40.8 cm³/mol. The highest BCUT2D eigenvalue weighted by molar-refractivity contribution is 5.35. The zero-order chi connectivity index (χ0) is 8.97. The van der Waals surface area contributed by atoms with Crippen LogP contribution in [0.5, 0.6) is 0 Å². The molecule has 0 radical (unpaired) electrons. The first kappa shape index (κ1) is 8.16. The molecule has 58 valence electrons. The van der Waals surface area contributed by atoms with Gasteiger partial charge in [-0.15, -0.1) is 0 Å². The van der Waals surface area contributed by atoms with Crippen molar-refractivity contribution in [1.82, 2.24) is 9.97 Å². The summed E-state index contributed by atoms with van der Waals surface area (Å²) in [5.74, 6) is 0. The van der Waals surface area contributed by atoms with E-state index in [2.05, 4.69) is 9.97 Å². The van der Waals surface area contributed by atoms with E-state index in [-0.39, 0.29) is 11.4 Å². The first-order valence-electron chi connectivity index (χ1n) is 3.48. The molecule has 0 aliphatic carbocycles. The van der Waals surface area contributed by atoms with E-state index >= 15 is 0 Å². The van der Waals surface area contributed by atoms with Crippen molar-refractivity contribution in [2.45, 2.75) is 13.3 Å². The van der Waals surface area contributed by atoms with Crippen LogP contribution in [0.3, 0.4) is 0 Å². The van der Waals surface area contributed by atoms with E-state index in [0.29, 0.717) is 6.42 Å². The highest BCUT2D eigenvalue weighted by Gasteiger charge is 2.04. The smallest absolute Gasteiger partial charge is 0.177 e. The van der Waals surface area contributed by atoms with Crippen LogP contribution < -0.4 is 0 Å². The predicted octanol–water partition coefficient (Wildman–Crippen LogP) is 0.782. The average Bonchev–Trinajstić information content (AvgIpc) is 2.16. The monoisotopic (exact) mass is 158 g/mol. The maximum Gasteiger partial charge on any atom is 0.177 e. The molecular formula is C8H6N4. The first-order chi connectivity index (χ1) is 5.81. The molecule has 0 N–H and O–H groups in total. The fourth-order valence-corrected chi connectivity index (χ4v) is 0.756. The van der Waals surface area contributed by atoms with Crippen LogP contribution in [-0.2, 0) is 6.42 Å². The lowest BCUT2D eigenvalue weighted by Crippen LogP contribution is -1.97. The van der Waals surface area contributed by atoms with Gasteiger partial charge in [0.2, 0.25) is 0 Å². The summed E-state index contributed by atoms with van der Waals surface area (Å²) < 4.78 is 0. The van der Waals surface area contributed by atoms with Crippen LogP contribution in [0.4, 0.5) is 0 Å². The third-order valence-electron chi connectivity index (χ3n) is 1.40. The Morgan fingerprint density at radius 2 is 2.00 bits per heavy atom. The molecule has 0 aliphatic heterocycles. The van der Waals surface area contributed by atoms with Crippen molar-refractivity contribution in [3.63, 3.8) is 0 Å². The van der Waals surface area contributed by atoms with Gasteiger partial charge < -0.3 is 0 Å². The van der Waals surface area contributed by atoms with E-state index in [0.717, 1.165) is 5.69 Å². The molecule has 0 bridgehead atoms. The van der Waals surface area contributed by atoms with Crippen molar-refractivity contribution < 1.29 is 0 Å². The zero-order valence-corrected chi connectivity index (χ0v) is 6.57. The number of aromatic nitrogens is 2. The Labute approximate surface area is 70.1 Å². The molecule has 1 heterocycles. The minimum absolute atomic E-state index is 0.0923. The number of aryl methyl sites for hydroxylation is 1. The van der Waals surface area contributed by atoms with Crippen LogP contribution in [-0.4, -0.2) is 9.97 Å². The lowest BCUT2D eigenvalue weighted by atomic mass is 10.3. The maximum absolute atomic E-state index is 8.57. The Balaban J connectivity index is 3.25. The molecule has 0 unspecified atom stereocenters. The van der Waals surface area contributed by atoms with Gasteiger partial charge in [-0.2, -0.15) is 10.5 Å². The second-order valence-corrected chi connectivity index (χ2v) is 2.14. The van der Waals surface area contributed by atoms with Gasteiger partial charge in [0.1, 0.15) is 12.1 Å². The Kier molecular flexibility index (Phi) is 2.35. The lowest BCUT2D eigenvalue weighted by molar-refractivity contribution is 0.977. The van der Waals surface area contributed by atoms with Gasteiger partial charge in [0, 0.05) is 0 Å². The largest absolute Gasteiger partial charge is 0.241 e. The van der Waals surface area contributed by atoms with Crippen LogP contribution >= 0.6 is 0 Å². The topological polar surface area (TPSA) is 73.4 Å². The normalized spacial score (nSPS) is 8.58. The fourth-order valence-electron chi connectivity index (χ4n) is 0.756. The number of nitriles is 2.